The Bertz CT molecular complexity index is 915. The monoisotopic (exact) mass is 393 g/mol. The van der Waals surface area contributed by atoms with E-state index in [1.165, 1.54) is 0 Å². The first-order valence-corrected chi connectivity index (χ1v) is 9.78. The van der Waals surface area contributed by atoms with Crippen molar-refractivity contribution in [3.8, 4) is 0 Å². The van der Waals surface area contributed by atoms with Crippen LogP contribution in [0.3, 0.4) is 0 Å². The molecule has 150 valence electrons. The molecule has 2 aromatic rings. The molecule has 2 saturated heterocycles. The van der Waals surface area contributed by atoms with Gasteiger partial charge in [0.15, 0.2) is 0 Å². The fraction of sp³-hybridized carbons (Fsp3) is 0.318. The maximum absolute atomic E-state index is 12.7. The summed E-state index contributed by atoms with van der Waals surface area (Å²) in [7, 11) is 0. The van der Waals surface area contributed by atoms with Gasteiger partial charge in [0.1, 0.15) is 6.04 Å². The Kier molecular flexibility index (Phi) is 5.57. The second-order valence-electron chi connectivity index (χ2n) is 7.33. The molecule has 2 atom stereocenters. The number of anilines is 2. The van der Waals surface area contributed by atoms with Crippen LogP contribution in [0.5, 0.6) is 0 Å². The molecule has 2 N–H and O–H groups in total. The molecule has 0 aliphatic carbocycles. The molecule has 4 rings (SSSR count). The number of hydrogen-bond acceptors (Lipinski definition) is 5. The molecular weight excluding hydrogens is 370 g/mol. The summed E-state index contributed by atoms with van der Waals surface area (Å²) in [5, 5.41) is 5.65. The van der Waals surface area contributed by atoms with E-state index in [1.807, 2.05) is 23.1 Å². The van der Waals surface area contributed by atoms with Gasteiger partial charge in [-0.15, -0.1) is 0 Å². The zero-order chi connectivity index (χ0) is 20.2. The molecule has 2 unspecified atom stereocenters. The minimum Gasteiger partial charge on any atom is -0.465 e. The van der Waals surface area contributed by atoms with Gasteiger partial charge in [-0.05, 0) is 49.6 Å². The summed E-state index contributed by atoms with van der Waals surface area (Å²) in [4.78, 5) is 39.3. The van der Waals surface area contributed by atoms with Crippen molar-refractivity contribution in [1.82, 2.24) is 4.90 Å². The minimum atomic E-state index is -0.342. The summed E-state index contributed by atoms with van der Waals surface area (Å²) in [6, 6.07) is 15.7. The number of fused-ring (bicyclic) bond motifs is 1. The molecule has 7 heteroatoms. The summed E-state index contributed by atoms with van der Waals surface area (Å²) in [6.45, 7) is 1.24. The highest BCUT2D eigenvalue weighted by Crippen LogP contribution is 2.31. The van der Waals surface area contributed by atoms with Crippen molar-refractivity contribution in [3.63, 3.8) is 0 Å². The number of likely N-dealkylation sites (tertiary alicyclic amines) is 1. The van der Waals surface area contributed by atoms with E-state index < -0.39 is 0 Å². The summed E-state index contributed by atoms with van der Waals surface area (Å²) in [5.74, 6) is -0.546. The summed E-state index contributed by atoms with van der Waals surface area (Å²) >= 11 is 0. The lowest BCUT2D eigenvalue weighted by Crippen LogP contribution is -2.46. The van der Waals surface area contributed by atoms with Crippen molar-refractivity contribution in [2.45, 2.75) is 18.9 Å². The largest absolute Gasteiger partial charge is 0.465 e. The predicted octanol–water partition coefficient (Wildman–Crippen LogP) is 2.51. The van der Waals surface area contributed by atoms with Gasteiger partial charge in [0.05, 0.1) is 24.4 Å². The number of nitrogens with one attached hydrogen (secondary N) is 2. The van der Waals surface area contributed by atoms with Crippen LogP contribution in [0.15, 0.2) is 54.6 Å². The first-order valence-electron chi connectivity index (χ1n) is 9.78. The lowest BCUT2D eigenvalue weighted by Gasteiger charge is -2.29. The van der Waals surface area contributed by atoms with Crippen molar-refractivity contribution in [2.24, 2.45) is 5.92 Å². The fourth-order valence-corrected chi connectivity index (χ4v) is 4.03. The van der Waals surface area contributed by atoms with E-state index in [0.29, 0.717) is 30.1 Å². The molecular formula is C22H23N3O4. The Morgan fingerprint density at radius 2 is 1.76 bits per heavy atom. The van der Waals surface area contributed by atoms with Crippen molar-refractivity contribution in [3.05, 3.63) is 60.2 Å². The smallest absolute Gasteiger partial charge is 0.323 e. The third kappa shape index (κ3) is 4.30. The van der Waals surface area contributed by atoms with Gasteiger partial charge in [-0.1, -0.05) is 30.3 Å². The van der Waals surface area contributed by atoms with Gasteiger partial charge in [0, 0.05) is 5.69 Å². The first kappa shape index (κ1) is 19.1. The van der Waals surface area contributed by atoms with E-state index in [2.05, 4.69) is 10.6 Å². The summed E-state index contributed by atoms with van der Waals surface area (Å²) in [6.07, 6.45) is 1.74. The normalized spacial score (nSPS) is 21.2. The van der Waals surface area contributed by atoms with Crippen LogP contribution in [-0.4, -0.2) is 48.4 Å². The molecule has 2 heterocycles. The molecule has 2 amide bonds. The van der Waals surface area contributed by atoms with Crippen LogP contribution < -0.4 is 10.6 Å². The van der Waals surface area contributed by atoms with Crippen LogP contribution in [0.4, 0.5) is 11.4 Å². The van der Waals surface area contributed by atoms with Crippen LogP contribution >= 0.6 is 0 Å². The third-order valence-electron chi connectivity index (χ3n) is 5.43. The molecule has 2 aromatic carbocycles. The molecule has 0 bridgehead atoms. The molecule has 7 nitrogen and oxygen atoms in total. The van der Waals surface area contributed by atoms with Crippen molar-refractivity contribution >= 4 is 29.2 Å². The Balaban J connectivity index is 1.42. The number of rotatable bonds is 5. The van der Waals surface area contributed by atoms with Crippen LogP contribution in [0, 0.1) is 5.92 Å². The van der Waals surface area contributed by atoms with Crippen LogP contribution in [0.25, 0.3) is 0 Å². The number of nitrogens with zero attached hydrogens (tertiary/aromatic N) is 1. The Labute approximate surface area is 169 Å². The van der Waals surface area contributed by atoms with Crippen LogP contribution in [-0.2, 0) is 14.3 Å². The first-order chi connectivity index (χ1) is 14.1. The van der Waals surface area contributed by atoms with Crippen LogP contribution in [0.2, 0.25) is 0 Å². The maximum Gasteiger partial charge on any atom is 0.323 e. The number of para-hydroxylation sites is 2. The quantitative estimate of drug-likeness (QED) is 0.762. The standard InChI is InChI=1S/C22H23N3O4/c26-19(14-25-12-10-15-11-13-29-22(28)20(15)25)24-18-9-5-4-8-17(18)21(27)23-16-6-2-1-3-7-16/h1-9,15,20H,10-14H2,(H,23,27)(H,24,26). The second kappa shape index (κ2) is 8.45. The van der Waals surface area contributed by atoms with Crippen molar-refractivity contribution in [2.75, 3.05) is 30.3 Å². The minimum absolute atomic E-state index is 0.0882. The average Bonchev–Trinajstić information content (AvgIpc) is 3.13. The van der Waals surface area contributed by atoms with Gasteiger partial charge in [-0.3, -0.25) is 19.3 Å². The molecule has 0 radical (unpaired) electrons. The molecule has 29 heavy (non-hydrogen) atoms. The van der Waals surface area contributed by atoms with Gasteiger partial charge in [-0.2, -0.15) is 0 Å². The number of benzene rings is 2. The number of hydrogen-bond donors (Lipinski definition) is 2. The Morgan fingerprint density at radius 1 is 1.00 bits per heavy atom. The van der Waals surface area contributed by atoms with E-state index in [-0.39, 0.29) is 36.3 Å². The molecule has 2 aliphatic rings. The van der Waals surface area contributed by atoms with Gasteiger partial charge >= 0.3 is 5.97 Å². The van der Waals surface area contributed by atoms with Gasteiger partial charge in [0.2, 0.25) is 5.91 Å². The van der Waals surface area contributed by atoms with Crippen molar-refractivity contribution in [1.29, 1.82) is 0 Å². The maximum atomic E-state index is 12.7. The predicted molar refractivity (Wildman–Crippen MR) is 109 cm³/mol. The topological polar surface area (TPSA) is 87.7 Å². The number of ether oxygens (including phenoxy) is 1. The second-order valence-corrected chi connectivity index (χ2v) is 7.33. The molecule has 2 fully saturated rings. The Morgan fingerprint density at radius 3 is 2.59 bits per heavy atom. The van der Waals surface area contributed by atoms with Gasteiger partial charge < -0.3 is 15.4 Å². The van der Waals surface area contributed by atoms with E-state index >= 15 is 0 Å². The summed E-state index contributed by atoms with van der Waals surface area (Å²) < 4.78 is 5.16. The third-order valence-corrected chi connectivity index (χ3v) is 5.43. The van der Waals surface area contributed by atoms with Gasteiger partial charge in [-0.25, -0.2) is 0 Å². The number of carbonyl (C=O) groups excluding carboxylic acids is 3. The highest BCUT2D eigenvalue weighted by Gasteiger charge is 2.43. The Hall–Kier alpha value is -3.19. The highest BCUT2D eigenvalue weighted by molar-refractivity contribution is 6.10. The molecule has 0 aromatic heterocycles. The zero-order valence-electron chi connectivity index (χ0n) is 16.0. The van der Waals surface area contributed by atoms with E-state index in [1.54, 1.807) is 36.4 Å². The van der Waals surface area contributed by atoms with Crippen LogP contribution in [0.1, 0.15) is 23.2 Å². The SMILES string of the molecule is O=C(CN1CCC2CCOC(=O)C21)Nc1ccccc1C(=O)Nc1ccccc1. The van der Waals surface area contributed by atoms with E-state index in [4.69, 9.17) is 4.74 Å². The summed E-state index contributed by atoms with van der Waals surface area (Å²) in [5.41, 5.74) is 1.49. The molecule has 2 aliphatic heterocycles. The lowest BCUT2D eigenvalue weighted by molar-refractivity contribution is -0.155. The fourth-order valence-electron chi connectivity index (χ4n) is 4.03. The van der Waals surface area contributed by atoms with E-state index in [0.717, 1.165) is 12.8 Å². The highest BCUT2D eigenvalue weighted by atomic mass is 16.5. The average molecular weight is 393 g/mol. The molecule has 0 saturated carbocycles. The lowest BCUT2D eigenvalue weighted by atomic mass is 9.95. The number of cyclic esters (lactones) is 1. The number of carbonyl (C=O) groups is 3. The number of amides is 2. The van der Waals surface area contributed by atoms with E-state index in [9.17, 15) is 14.4 Å². The molecule has 0 spiro atoms. The van der Waals surface area contributed by atoms with Gasteiger partial charge in [0.25, 0.3) is 5.91 Å². The number of esters is 1. The zero-order valence-corrected chi connectivity index (χ0v) is 16.0. The van der Waals surface area contributed by atoms with Crippen molar-refractivity contribution < 1.29 is 19.1 Å².